The number of nitrogen functional groups attached to an aromatic ring is 1. The number of fused-ring (bicyclic) bond motifs is 3. The summed E-state index contributed by atoms with van der Waals surface area (Å²) in [5, 5.41) is 9.45. The molecule has 0 aliphatic heterocycles. The molecule has 4 aromatic heterocycles. The van der Waals surface area contributed by atoms with Crippen LogP contribution in [0, 0.1) is 0 Å². The largest absolute Gasteiger partial charge is 0.461 e. The Morgan fingerprint density at radius 1 is 1.15 bits per heavy atom. The monoisotopic (exact) mass is 351 g/mol. The van der Waals surface area contributed by atoms with Crippen molar-refractivity contribution in [2.45, 2.75) is 13.0 Å². The van der Waals surface area contributed by atoms with Gasteiger partial charge in [-0.2, -0.15) is 14.6 Å². The summed E-state index contributed by atoms with van der Waals surface area (Å²) in [6.45, 7) is 0.438. The average molecular weight is 351 g/mol. The minimum Gasteiger partial charge on any atom is -0.461 e. The summed E-state index contributed by atoms with van der Waals surface area (Å²) in [6, 6.07) is 6.82. The first kappa shape index (κ1) is 11.8. The SMILES string of the molecule is [3H]c1cc([3H])c(CCn2ncc3c2nc(N)n2nc(-c4ccco4)nc32)cc1[3H]. The first-order chi connectivity index (χ1) is 14.0. The number of furan rings is 1. The Balaban J connectivity index is 1.53. The van der Waals surface area contributed by atoms with Gasteiger partial charge < -0.3 is 10.2 Å². The zero-order chi connectivity index (χ0) is 20.1. The number of anilines is 1. The standard InChI is InChI=1S/C18H15N7O/c19-18-22-16-13(11-20-24(16)9-8-12-5-2-1-3-6-12)17-21-15(23-25(17)18)14-7-4-10-26-14/h1-7,10-11H,8-9H2,(H2,19,22)/i1T,2T,6T. The maximum Gasteiger partial charge on any atom is 0.225 e. The normalized spacial score (nSPS) is 13.2. The van der Waals surface area contributed by atoms with Gasteiger partial charge in [0.1, 0.15) is 0 Å². The molecule has 8 heteroatoms. The van der Waals surface area contributed by atoms with Gasteiger partial charge in [-0.1, -0.05) is 30.3 Å². The third kappa shape index (κ3) is 2.31. The van der Waals surface area contributed by atoms with Crippen molar-refractivity contribution in [2.24, 2.45) is 0 Å². The summed E-state index contributed by atoms with van der Waals surface area (Å²) in [6.07, 6.45) is 3.67. The first-order valence-electron chi connectivity index (χ1n) is 9.49. The van der Waals surface area contributed by atoms with Crippen molar-refractivity contribution >= 4 is 22.6 Å². The van der Waals surface area contributed by atoms with E-state index in [1.165, 1.54) is 10.6 Å². The van der Waals surface area contributed by atoms with Gasteiger partial charge in [-0.05, 0) is 24.1 Å². The summed E-state index contributed by atoms with van der Waals surface area (Å²) in [4.78, 5) is 8.94. The van der Waals surface area contributed by atoms with E-state index in [0.717, 1.165) is 0 Å². The summed E-state index contributed by atoms with van der Waals surface area (Å²) in [5.41, 5.74) is 7.84. The predicted octanol–water partition coefficient (Wildman–Crippen LogP) is 2.56. The highest BCUT2D eigenvalue weighted by Crippen LogP contribution is 2.23. The van der Waals surface area contributed by atoms with E-state index in [4.69, 9.17) is 14.3 Å². The number of benzene rings is 1. The number of hydrogen-bond acceptors (Lipinski definition) is 6. The second-order valence-electron chi connectivity index (χ2n) is 5.72. The molecule has 1 aromatic carbocycles. The van der Waals surface area contributed by atoms with Crippen molar-refractivity contribution in [3.8, 4) is 11.6 Å². The molecule has 0 unspecified atom stereocenters. The van der Waals surface area contributed by atoms with Crippen LogP contribution in [0.25, 0.3) is 28.3 Å². The number of hydrogen-bond donors (Lipinski definition) is 1. The van der Waals surface area contributed by atoms with Crippen LogP contribution in [0.5, 0.6) is 0 Å². The molecule has 4 heterocycles. The number of rotatable bonds is 4. The van der Waals surface area contributed by atoms with Gasteiger partial charge in [-0.25, -0.2) is 9.67 Å². The first-order valence-corrected chi connectivity index (χ1v) is 7.99. The lowest BCUT2D eigenvalue weighted by Crippen LogP contribution is -2.07. The van der Waals surface area contributed by atoms with Crippen LogP contribution in [0.4, 0.5) is 5.95 Å². The highest BCUT2D eigenvalue weighted by Gasteiger charge is 2.17. The van der Waals surface area contributed by atoms with Gasteiger partial charge in [0.25, 0.3) is 0 Å². The molecule has 128 valence electrons. The van der Waals surface area contributed by atoms with Crippen molar-refractivity contribution in [1.29, 1.82) is 0 Å². The van der Waals surface area contributed by atoms with E-state index in [0.29, 0.717) is 46.8 Å². The van der Waals surface area contributed by atoms with Crippen LogP contribution in [-0.4, -0.2) is 29.4 Å². The van der Waals surface area contributed by atoms with Crippen molar-refractivity contribution in [1.82, 2.24) is 29.4 Å². The Bertz CT molecular complexity index is 1360. The predicted molar refractivity (Wildman–Crippen MR) is 96.3 cm³/mol. The average Bonchev–Trinajstić information content (AvgIpc) is 3.42. The van der Waals surface area contributed by atoms with E-state index >= 15 is 0 Å². The minimum absolute atomic E-state index is 0.0410. The zero-order valence-electron chi connectivity index (χ0n) is 16.5. The Hall–Kier alpha value is -3.68. The Labute approximate surface area is 152 Å². The lowest BCUT2D eigenvalue weighted by Gasteiger charge is -2.04. The molecular weight excluding hydrogens is 330 g/mol. The van der Waals surface area contributed by atoms with E-state index in [9.17, 15) is 0 Å². The summed E-state index contributed by atoms with van der Waals surface area (Å²) in [5.74, 6) is 1.11. The lowest BCUT2D eigenvalue weighted by molar-refractivity contribution is 0.577. The molecular formula is C18H15N7O. The molecule has 0 fully saturated rings. The Morgan fingerprint density at radius 2 is 2.12 bits per heavy atom. The van der Waals surface area contributed by atoms with Gasteiger partial charge in [0.05, 0.1) is 22.0 Å². The van der Waals surface area contributed by atoms with Crippen molar-refractivity contribution in [3.63, 3.8) is 0 Å². The summed E-state index contributed by atoms with van der Waals surface area (Å²) >= 11 is 0. The third-order valence-electron chi connectivity index (χ3n) is 4.09. The van der Waals surface area contributed by atoms with Crippen LogP contribution in [0.3, 0.4) is 0 Å². The van der Waals surface area contributed by atoms with Crippen LogP contribution in [-0.2, 0) is 13.0 Å². The number of nitrogens with two attached hydrogens (primary N) is 1. The highest BCUT2D eigenvalue weighted by molar-refractivity contribution is 5.90. The summed E-state index contributed by atoms with van der Waals surface area (Å²) < 4.78 is 31.9. The molecule has 0 radical (unpaired) electrons. The molecule has 5 rings (SSSR count). The fraction of sp³-hybridized carbons (Fsp3) is 0.111. The molecule has 26 heavy (non-hydrogen) atoms. The van der Waals surface area contributed by atoms with Crippen LogP contribution >= 0.6 is 0 Å². The maximum absolute atomic E-state index is 8.01. The molecule has 0 aliphatic rings. The molecule has 2 N–H and O–H groups in total. The van der Waals surface area contributed by atoms with E-state index in [1.54, 1.807) is 35.3 Å². The van der Waals surface area contributed by atoms with Crippen molar-refractivity contribution in [3.05, 3.63) is 60.4 Å². The smallest absolute Gasteiger partial charge is 0.225 e. The Kier molecular flexibility index (Phi) is 2.58. The van der Waals surface area contributed by atoms with E-state index in [1.807, 2.05) is 0 Å². The minimum atomic E-state index is 0.0410. The van der Waals surface area contributed by atoms with Gasteiger partial charge in [-0.3, -0.25) is 0 Å². The molecule has 8 nitrogen and oxygen atoms in total. The fourth-order valence-electron chi connectivity index (χ4n) is 2.84. The third-order valence-corrected chi connectivity index (χ3v) is 4.09. The fourth-order valence-corrected chi connectivity index (χ4v) is 2.84. The van der Waals surface area contributed by atoms with Crippen LogP contribution < -0.4 is 5.73 Å². The molecule has 0 amide bonds. The lowest BCUT2D eigenvalue weighted by atomic mass is 10.1. The van der Waals surface area contributed by atoms with Crippen molar-refractivity contribution < 1.29 is 8.53 Å². The number of nitrogens with zero attached hydrogens (tertiary/aromatic N) is 6. The van der Waals surface area contributed by atoms with Crippen molar-refractivity contribution in [2.75, 3.05) is 5.73 Å². The Morgan fingerprint density at radius 3 is 3.00 bits per heavy atom. The van der Waals surface area contributed by atoms with Gasteiger partial charge in [0.2, 0.25) is 11.8 Å². The number of aromatic nitrogens is 6. The molecule has 0 aliphatic carbocycles. The van der Waals surface area contributed by atoms with Gasteiger partial charge in [-0.15, -0.1) is 5.10 Å². The second-order valence-corrected chi connectivity index (χ2v) is 5.72. The zero-order valence-corrected chi connectivity index (χ0v) is 13.5. The van der Waals surface area contributed by atoms with Gasteiger partial charge in [0.15, 0.2) is 17.1 Å². The molecule has 0 saturated heterocycles. The van der Waals surface area contributed by atoms with E-state index in [-0.39, 0.29) is 24.1 Å². The van der Waals surface area contributed by atoms with E-state index < -0.39 is 0 Å². The second kappa shape index (κ2) is 5.69. The topological polar surface area (TPSA) is 100 Å². The van der Waals surface area contributed by atoms with Gasteiger partial charge >= 0.3 is 0 Å². The van der Waals surface area contributed by atoms with Gasteiger partial charge in [0, 0.05) is 6.54 Å². The molecule has 0 bridgehead atoms. The quantitative estimate of drug-likeness (QED) is 0.534. The maximum atomic E-state index is 8.01. The van der Waals surface area contributed by atoms with Crippen LogP contribution in [0.1, 0.15) is 9.68 Å². The van der Waals surface area contributed by atoms with E-state index in [2.05, 4.69) is 20.2 Å². The van der Waals surface area contributed by atoms with Crippen LogP contribution in [0.15, 0.2) is 59.3 Å². The molecule has 0 atom stereocenters. The van der Waals surface area contributed by atoms with Crippen LogP contribution in [0.2, 0.25) is 0 Å². The summed E-state index contributed by atoms with van der Waals surface area (Å²) in [7, 11) is 0. The molecule has 0 spiro atoms. The number of aryl methyl sites for hydroxylation is 2. The highest BCUT2D eigenvalue weighted by atomic mass is 16.3. The molecule has 5 aromatic rings. The molecule has 0 saturated carbocycles.